The number of nitrogens with one attached hydrogen (secondary N) is 1. The molecular formula is C12H19N3O3. The maximum Gasteiger partial charge on any atom is 0.271 e. The quantitative estimate of drug-likeness (QED) is 0.715. The molecule has 1 aromatic heterocycles. The lowest BCUT2D eigenvalue weighted by molar-refractivity contribution is 0.0937. The van der Waals surface area contributed by atoms with Crippen LogP contribution in [0.5, 0.6) is 0 Å². The zero-order valence-electron chi connectivity index (χ0n) is 10.8. The van der Waals surface area contributed by atoms with E-state index in [9.17, 15) is 9.59 Å². The molecule has 1 heterocycles. The minimum atomic E-state index is -0.270. The van der Waals surface area contributed by atoms with Crippen LogP contribution in [0.3, 0.4) is 0 Å². The van der Waals surface area contributed by atoms with E-state index in [-0.39, 0.29) is 17.2 Å². The number of aryl methyl sites for hydroxylation is 1. The normalized spacial score (nSPS) is 10.3. The fraction of sp³-hybridized carbons (Fsp3) is 0.583. The molecule has 0 unspecified atom stereocenters. The third-order valence-electron chi connectivity index (χ3n) is 2.35. The number of rotatable bonds is 7. The van der Waals surface area contributed by atoms with E-state index in [0.717, 1.165) is 6.42 Å². The molecular weight excluding hydrogens is 234 g/mol. The Kier molecular flexibility index (Phi) is 6.07. The number of hydrogen-bond donors (Lipinski definition) is 1. The molecule has 1 amide bonds. The molecule has 1 rings (SSSR count). The summed E-state index contributed by atoms with van der Waals surface area (Å²) in [5.41, 5.74) is 0.0539. The van der Waals surface area contributed by atoms with E-state index in [0.29, 0.717) is 26.3 Å². The third-order valence-corrected chi connectivity index (χ3v) is 2.35. The zero-order chi connectivity index (χ0) is 13.4. The molecule has 1 aromatic rings. The molecule has 0 aliphatic carbocycles. The maximum atomic E-state index is 11.7. The van der Waals surface area contributed by atoms with Gasteiger partial charge in [-0.3, -0.25) is 9.59 Å². The summed E-state index contributed by atoms with van der Waals surface area (Å²) < 4.78 is 6.42. The van der Waals surface area contributed by atoms with Gasteiger partial charge in [0, 0.05) is 32.4 Å². The molecule has 0 saturated heterocycles. The smallest absolute Gasteiger partial charge is 0.271 e. The summed E-state index contributed by atoms with van der Waals surface area (Å²) in [4.78, 5) is 23.0. The van der Waals surface area contributed by atoms with Crippen molar-refractivity contribution in [2.45, 2.75) is 26.8 Å². The third kappa shape index (κ3) is 4.29. The van der Waals surface area contributed by atoms with Crippen molar-refractivity contribution in [3.8, 4) is 0 Å². The molecule has 0 saturated carbocycles. The number of carbonyl (C=O) groups excluding carboxylic acids is 1. The molecule has 0 aliphatic rings. The predicted molar refractivity (Wildman–Crippen MR) is 67.6 cm³/mol. The van der Waals surface area contributed by atoms with Gasteiger partial charge in [0.05, 0.1) is 0 Å². The molecule has 0 spiro atoms. The first-order chi connectivity index (χ1) is 8.69. The van der Waals surface area contributed by atoms with Crippen molar-refractivity contribution in [3.05, 3.63) is 28.2 Å². The van der Waals surface area contributed by atoms with Gasteiger partial charge in [-0.2, -0.15) is 5.10 Å². The van der Waals surface area contributed by atoms with E-state index in [1.54, 1.807) is 6.92 Å². The van der Waals surface area contributed by atoms with Gasteiger partial charge in [0.1, 0.15) is 5.69 Å². The molecule has 0 bridgehead atoms. The van der Waals surface area contributed by atoms with Gasteiger partial charge in [0.2, 0.25) is 0 Å². The van der Waals surface area contributed by atoms with Crippen molar-refractivity contribution in [2.75, 3.05) is 19.8 Å². The molecule has 0 aromatic carbocycles. The maximum absolute atomic E-state index is 11.7. The van der Waals surface area contributed by atoms with Crippen LogP contribution in [-0.2, 0) is 11.3 Å². The van der Waals surface area contributed by atoms with Crippen molar-refractivity contribution in [3.63, 3.8) is 0 Å². The summed E-state index contributed by atoms with van der Waals surface area (Å²) in [7, 11) is 0. The topological polar surface area (TPSA) is 73.2 Å². The summed E-state index contributed by atoms with van der Waals surface area (Å²) in [5, 5.41) is 6.70. The van der Waals surface area contributed by atoms with E-state index in [2.05, 4.69) is 10.4 Å². The Morgan fingerprint density at radius 3 is 2.89 bits per heavy atom. The molecule has 0 atom stereocenters. The average Bonchev–Trinajstić information content (AvgIpc) is 2.38. The Labute approximate surface area is 106 Å². The monoisotopic (exact) mass is 253 g/mol. The van der Waals surface area contributed by atoms with Crippen molar-refractivity contribution >= 4 is 5.91 Å². The van der Waals surface area contributed by atoms with Crippen LogP contribution in [0.1, 0.15) is 30.8 Å². The van der Waals surface area contributed by atoms with Gasteiger partial charge >= 0.3 is 0 Å². The van der Waals surface area contributed by atoms with Crippen molar-refractivity contribution < 1.29 is 9.53 Å². The summed E-state index contributed by atoms with van der Waals surface area (Å²) >= 11 is 0. The van der Waals surface area contributed by atoms with E-state index in [4.69, 9.17) is 4.74 Å². The fourth-order valence-corrected chi connectivity index (χ4v) is 1.41. The van der Waals surface area contributed by atoms with Crippen LogP contribution in [0, 0.1) is 0 Å². The highest BCUT2D eigenvalue weighted by Crippen LogP contribution is 1.91. The van der Waals surface area contributed by atoms with Crippen molar-refractivity contribution in [2.24, 2.45) is 0 Å². The molecule has 1 N–H and O–H groups in total. The Hall–Kier alpha value is -1.69. The first kappa shape index (κ1) is 14.4. The Morgan fingerprint density at radius 1 is 1.44 bits per heavy atom. The van der Waals surface area contributed by atoms with Gasteiger partial charge in [-0.25, -0.2) is 4.68 Å². The Balaban J connectivity index is 2.49. The zero-order valence-corrected chi connectivity index (χ0v) is 10.8. The van der Waals surface area contributed by atoms with Crippen LogP contribution in [0.15, 0.2) is 16.9 Å². The van der Waals surface area contributed by atoms with Crippen molar-refractivity contribution in [1.29, 1.82) is 0 Å². The van der Waals surface area contributed by atoms with Gasteiger partial charge in [-0.1, -0.05) is 0 Å². The summed E-state index contributed by atoms with van der Waals surface area (Å²) in [6.45, 7) is 6.01. The second-order valence-corrected chi connectivity index (χ2v) is 3.68. The molecule has 100 valence electrons. The van der Waals surface area contributed by atoms with Crippen LogP contribution in [0.2, 0.25) is 0 Å². The largest absolute Gasteiger partial charge is 0.382 e. The Bertz CT molecular complexity index is 442. The minimum Gasteiger partial charge on any atom is -0.382 e. The van der Waals surface area contributed by atoms with Gasteiger partial charge < -0.3 is 10.1 Å². The minimum absolute atomic E-state index is 0.203. The molecule has 0 radical (unpaired) electrons. The van der Waals surface area contributed by atoms with Crippen molar-refractivity contribution in [1.82, 2.24) is 15.1 Å². The van der Waals surface area contributed by atoms with Gasteiger partial charge in [-0.05, 0) is 26.3 Å². The molecule has 6 heteroatoms. The van der Waals surface area contributed by atoms with Gasteiger partial charge in [0.25, 0.3) is 11.5 Å². The number of amides is 1. The second-order valence-electron chi connectivity index (χ2n) is 3.68. The highest BCUT2D eigenvalue weighted by molar-refractivity contribution is 5.91. The standard InChI is InChI=1S/C12H19N3O3/c1-3-15-11(16)7-6-10(14-15)12(17)13-8-5-9-18-4-2/h6-7H,3-5,8-9H2,1-2H3,(H,13,17). The molecule has 18 heavy (non-hydrogen) atoms. The van der Waals surface area contributed by atoms with E-state index < -0.39 is 0 Å². The van der Waals surface area contributed by atoms with E-state index in [1.165, 1.54) is 16.8 Å². The lowest BCUT2D eigenvalue weighted by atomic mass is 10.3. The number of aromatic nitrogens is 2. The fourth-order valence-electron chi connectivity index (χ4n) is 1.41. The number of carbonyl (C=O) groups is 1. The summed E-state index contributed by atoms with van der Waals surface area (Å²) in [6.07, 6.45) is 0.757. The van der Waals surface area contributed by atoms with Crippen LogP contribution in [0.25, 0.3) is 0 Å². The lowest BCUT2D eigenvalue weighted by Gasteiger charge is -2.06. The van der Waals surface area contributed by atoms with Gasteiger partial charge in [-0.15, -0.1) is 0 Å². The second kappa shape index (κ2) is 7.60. The predicted octanol–water partition coefficient (Wildman–Crippen LogP) is 0.420. The summed E-state index contributed by atoms with van der Waals surface area (Å²) in [5.74, 6) is -0.270. The number of nitrogens with zero attached hydrogens (tertiary/aromatic N) is 2. The average molecular weight is 253 g/mol. The first-order valence-corrected chi connectivity index (χ1v) is 6.13. The SMILES string of the molecule is CCOCCCNC(=O)c1ccc(=O)n(CC)n1. The van der Waals surface area contributed by atoms with Crippen LogP contribution in [-0.4, -0.2) is 35.4 Å². The lowest BCUT2D eigenvalue weighted by Crippen LogP contribution is -2.30. The highest BCUT2D eigenvalue weighted by Gasteiger charge is 2.08. The van der Waals surface area contributed by atoms with Crippen LogP contribution in [0.4, 0.5) is 0 Å². The number of hydrogen-bond acceptors (Lipinski definition) is 4. The van der Waals surface area contributed by atoms with E-state index in [1.807, 2.05) is 6.92 Å². The van der Waals surface area contributed by atoms with E-state index >= 15 is 0 Å². The molecule has 0 fully saturated rings. The highest BCUT2D eigenvalue weighted by atomic mass is 16.5. The first-order valence-electron chi connectivity index (χ1n) is 6.13. The molecule has 6 nitrogen and oxygen atoms in total. The summed E-state index contributed by atoms with van der Waals surface area (Å²) in [6, 6.07) is 2.79. The van der Waals surface area contributed by atoms with Crippen LogP contribution < -0.4 is 10.9 Å². The van der Waals surface area contributed by atoms with Gasteiger partial charge in [0.15, 0.2) is 0 Å². The number of ether oxygens (including phenoxy) is 1. The molecule has 0 aliphatic heterocycles. The Morgan fingerprint density at radius 2 is 2.22 bits per heavy atom. The van der Waals surface area contributed by atoms with Crippen LogP contribution >= 0.6 is 0 Å².